The predicted octanol–water partition coefficient (Wildman–Crippen LogP) is 4.51. The van der Waals surface area contributed by atoms with Crippen molar-refractivity contribution in [2.75, 3.05) is 40.3 Å². The highest BCUT2D eigenvalue weighted by Gasteiger charge is 2.76. The van der Waals surface area contributed by atoms with Crippen molar-refractivity contribution in [3.05, 3.63) is 35.9 Å². The molecule has 0 aromatic heterocycles. The smallest absolute Gasteiger partial charge is 0.164 e. The van der Waals surface area contributed by atoms with Crippen LogP contribution in [0.3, 0.4) is 0 Å². The molecule has 2 bridgehead atoms. The summed E-state index contributed by atoms with van der Waals surface area (Å²) in [6.45, 7) is 8.62. The van der Waals surface area contributed by atoms with Crippen LogP contribution in [-0.4, -0.2) is 73.8 Å². The highest BCUT2D eigenvalue weighted by Crippen LogP contribution is 2.66. The van der Waals surface area contributed by atoms with Crippen LogP contribution in [0.1, 0.15) is 45.6 Å². The zero-order valence-electron chi connectivity index (χ0n) is 22.9. The number of benzene rings is 1. The molecule has 0 N–H and O–H groups in total. The average Bonchev–Trinajstić information content (AvgIpc) is 3.41. The van der Waals surface area contributed by atoms with E-state index in [-0.39, 0.29) is 46.6 Å². The summed E-state index contributed by atoms with van der Waals surface area (Å²) in [7, 11) is 1.62. The normalized spacial score (nSPS) is 39.9. The lowest BCUT2D eigenvalue weighted by Gasteiger charge is -2.57. The van der Waals surface area contributed by atoms with Crippen LogP contribution in [0.25, 0.3) is 0 Å². The van der Waals surface area contributed by atoms with Gasteiger partial charge in [0.25, 0.3) is 0 Å². The van der Waals surface area contributed by atoms with Crippen molar-refractivity contribution in [3.8, 4) is 0 Å². The van der Waals surface area contributed by atoms with Crippen LogP contribution in [-0.2, 0) is 44.6 Å². The number of rotatable bonds is 10. The molecule has 8 atom stereocenters. The van der Waals surface area contributed by atoms with E-state index in [1.165, 1.54) is 0 Å². The lowest BCUT2D eigenvalue weighted by atomic mass is 9.56. The standard InChI is InChI=1S/C29H41IO8/c1-5-35-24-13-28(17-36-24)12-20(31)11-21-22(15-34-18-32-4)23(16-33-14-19-9-7-6-8-10-19)25(30)29(28)26(21)37-27(2,3)38-29/h6-10,21-26H,5,11-18H2,1-4H3/t21-,22+,23-,24?,25+,26-,28-,29-/m1/s1. The lowest BCUT2D eigenvalue weighted by Crippen LogP contribution is -2.69. The molecule has 1 aromatic rings. The highest BCUT2D eigenvalue weighted by atomic mass is 127. The van der Waals surface area contributed by atoms with E-state index in [4.69, 9.17) is 33.2 Å². The minimum absolute atomic E-state index is 0.00933. The van der Waals surface area contributed by atoms with Gasteiger partial charge >= 0.3 is 0 Å². The molecule has 38 heavy (non-hydrogen) atoms. The van der Waals surface area contributed by atoms with Crippen LogP contribution >= 0.6 is 22.6 Å². The van der Waals surface area contributed by atoms with Crippen LogP contribution in [0, 0.1) is 23.2 Å². The van der Waals surface area contributed by atoms with Gasteiger partial charge in [-0.05, 0) is 32.3 Å². The Morgan fingerprint density at radius 3 is 2.61 bits per heavy atom. The second kappa shape index (κ2) is 11.7. The molecule has 0 radical (unpaired) electrons. The number of ether oxygens (including phenoxy) is 7. The number of halogens is 1. The third-order valence-corrected chi connectivity index (χ3v) is 10.6. The van der Waals surface area contributed by atoms with Crippen molar-refractivity contribution in [1.82, 2.24) is 0 Å². The molecule has 2 aliphatic heterocycles. The number of methoxy groups -OCH3 is 1. The summed E-state index contributed by atoms with van der Waals surface area (Å²) in [6, 6.07) is 10.2. The molecule has 2 saturated heterocycles. The number of hydrogen-bond acceptors (Lipinski definition) is 8. The van der Waals surface area contributed by atoms with Gasteiger partial charge in [0.15, 0.2) is 12.1 Å². The van der Waals surface area contributed by atoms with E-state index in [2.05, 4.69) is 34.7 Å². The number of hydrogen-bond donors (Lipinski definition) is 0. The molecule has 4 fully saturated rings. The molecule has 1 aromatic carbocycles. The zero-order chi connectivity index (χ0) is 27.0. The number of carbonyl (C=O) groups is 1. The van der Waals surface area contributed by atoms with Gasteiger partial charge in [-0.1, -0.05) is 52.9 Å². The van der Waals surface area contributed by atoms with Crippen LogP contribution in [0.2, 0.25) is 0 Å². The third-order valence-electron chi connectivity index (χ3n) is 8.74. The van der Waals surface area contributed by atoms with E-state index in [0.717, 1.165) is 5.56 Å². The first-order valence-corrected chi connectivity index (χ1v) is 14.9. The molecule has 5 rings (SSSR count). The molecule has 1 spiro atoms. The Morgan fingerprint density at radius 1 is 1.11 bits per heavy atom. The van der Waals surface area contributed by atoms with Gasteiger partial charge in [0.1, 0.15) is 18.2 Å². The minimum atomic E-state index is -0.791. The summed E-state index contributed by atoms with van der Waals surface area (Å²) in [5.41, 5.74) is -0.136. The van der Waals surface area contributed by atoms with Crippen molar-refractivity contribution in [2.45, 2.75) is 74.3 Å². The Kier molecular flexibility index (Phi) is 8.87. The quantitative estimate of drug-likeness (QED) is 0.159. The Hall–Kier alpha value is -0.660. The summed E-state index contributed by atoms with van der Waals surface area (Å²) in [5, 5.41) is 0. The second-order valence-electron chi connectivity index (χ2n) is 11.6. The highest BCUT2D eigenvalue weighted by molar-refractivity contribution is 14.1. The molecule has 8 nitrogen and oxygen atoms in total. The molecular formula is C29H41IO8. The Bertz CT molecular complexity index is 959. The number of ketones is 1. The molecule has 1 unspecified atom stereocenters. The first-order valence-electron chi connectivity index (χ1n) is 13.7. The van der Waals surface area contributed by atoms with Gasteiger partial charge in [0.2, 0.25) is 0 Å². The van der Waals surface area contributed by atoms with Gasteiger partial charge in [0.05, 0.1) is 32.5 Å². The Morgan fingerprint density at radius 2 is 1.87 bits per heavy atom. The maximum atomic E-state index is 13.6. The summed E-state index contributed by atoms with van der Waals surface area (Å²) < 4.78 is 43.4. The van der Waals surface area contributed by atoms with Crippen LogP contribution < -0.4 is 0 Å². The van der Waals surface area contributed by atoms with Gasteiger partial charge in [0, 0.05) is 54.2 Å². The van der Waals surface area contributed by atoms with E-state index in [1.54, 1.807) is 7.11 Å². The minimum Gasteiger partial charge on any atom is -0.376 e. The molecule has 0 amide bonds. The molecule has 4 aliphatic rings. The molecule has 9 heteroatoms. The third kappa shape index (κ3) is 5.22. The maximum Gasteiger partial charge on any atom is 0.164 e. The zero-order valence-corrected chi connectivity index (χ0v) is 25.0. The fraction of sp³-hybridized carbons (Fsp3) is 0.759. The molecule has 212 valence electrons. The van der Waals surface area contributed by atoms with Crippen molar-refractivity contribution in [2.24, 2.45) is 23.2 Å². The van der Waals surface area contributed by atoms with Crippen LogP contribution in [0.15, 0.2) is 30.3 Å². The van der Waals surface area contributed by atoms with Crippen molar-refractivity contribution < 1.29 is 38.0 Å². The van der Waals surface area contributed by atoms with Gasteiger partial charge in [-0.15, -0.1) is 0 Å². The van der Waals surface area contributed by atoms with E-state index >= 15 is 0 Å². The molecular weight excluding hydrogens is 603 g/mol. The SMILES string of the molecule is CCOC1C[C@@]2(CO1)CC(=O)C[C@@H]1[C@H](COCOC)[C@@H](COCc3ccccc3)[C@H](I)[C@]23OC(C)(C)O[C@H]13. The van der Waals surface area contributed by atoms with E-state index in [9.17, 15) is 4.79 Å². The maximum absolute atomic E-state index is 13.6. The van der Waals surface area contributed by atoms with Crippen molar-refractivity contribution in [3.63, 3.8) is 0 Å². The first-order chi connectivity index (χ1) is 18.2. The largest absolute Gasteiger partial charge is 0.376 e. The van der Waals surface area contributed by atoms with Gasteiger partial charge in [-0.2, -0.15) is 0 Å². The van der Waals surface area contributed by atoms with E-state index < -0.39 is 16.8 Å². The van der Waals surface area contributed by atoms with Gasteiger partial charge in [-0.25, -0.2) is 0 Å². The Labute approximate surface area is 239 Å². The van der Waals surface area contributed by atoms with E-state index in [0.29, 0.717) is 52.3 Å². The first kappa shape index (κ1) is 28.9. The topological polar surface area (TPSA) is 81.7 Å². The summed E-state index contributed by atoms with van der Waals surface area (Å²) in [6.07, 6.45) is 0.803. The van der Waals surface area contributed by atoms with Crippen molar-refractivity contribution >= 4 is 28.4 Å². The van der Waals surface area contributed by atoms with Gasteiger partial charge in [-0.3, -0.25) is 4.79 Å². The summed E-state index contributed by atoms with van der Waals surface area (Å²) >= 11 is 2.55. The van der Waals surface area contributed by atoms with E-state index in [1.807, 2.05) is 39.0 Å². The molecule has 2 saturated carbocycles. The van der Waals surface area contributed by atoms with Crippen LogP contribution in [0.5, 0.6) is 0 Å². The average molecular weight is 645 g/mol. The van der Waals surface area contributed by atoms with Crippen LogP contribution in [0.4, 0.5) is 0 Å². The second-order valence-corrected chi connectivity index (χ2v) is 12.9. The number of Topliss-reactive ketones (excluding diaryl/α,β-unsaturated/α-hetero) is 1. The number of carbonyl (C=O) groups excluding carboxylic acids is 1. The fourth-order valence-corrected chi connectivity index (χ4v) is 9.26. The van der Waals surface area contributed by atoms with Gasteiger partial charge < -0.3 is 33.2 Å². The summed E-state index contributed by atoms with van der Waals surface area (Å²) in [4.78, 5) is 13.6. The molecule has 2 aliphatic carbocycles. The monoisotopic (exact) mass is 644 g/mol. The molecule has 2 heterocycles. The fourth-order valence-electron chi connectivity index (χ4n) is 7.38. The van der Waals surface area contributed by atoms with Crippen molar-refractivity contribution in [1.29, 1.82) is 0 Å². The number of alkyl halides is 1. The predicted molar refractivity (Wildman–Crippen MR) is 148 cm³/mol. The summed E-state index contributed by atoms with van der Waals surface area (Å²) in [5.74, 6) is -0.517. The Balaban J connectivity index is 1.52. The lowest BCUT2D eigenvalue weighted by molar-refractivity contribution is -0.200.